The van der Waals surface area contributed by atoms with Crippen molar-refractivity contribution < 1.29 is 5.11 Å². The third-order valence-corrected chi connectivity index (χ3v) is 2.99. The lowest BCUT2D eigenvalue weighted by Crippen LogP contribution is -2.27. The number of aliphatic hydroxyl groups excluding tert-OH is 1. The molecule has 0 aromatic heterocycles. The molecular formula is C14H31NO. The highest BCUT2D eigenvalue weighted by atomic mass is 16.3. The van der Waals surface area contributed by atoms with Crippen LogP contribution in [0.1, 0.15) is 59.8 Å². The third-order valence-electron chi connectivity index (χ3n) is 2.99. The van der Waals surface area contributed by atoms with Gasteiger partial charge in [0, 0.05) is 6.61 Å². The third kappa shape index (κ3) is 10.4. The summed E-state index contributed by atoms with van der Waals surface area (Å²) in [4.78, 5) is 0. The van der Waals surface area contributed by atoms with E-state index in [1.54, 1.807) is 0 Å². The maximum absolute atomic E-state index is 8.89. The minimum atomic E-state index is 0.348. The Morgan fingerprint density at radius 3 is 2.31 bits per heavy atom. The molecule has 0 amide bonds. The zero-order valence-corrected chi connectivity index (χ0v) is 11.7. The van der Waals surface area contributed by atoms with E-state index in [0.717, 1.165) is 25.4 Å². The lowest BCUT2D eigenvalue weighted by atomic mass is 9.95. The van der Waals surface area contributed by atoms with Gasteiger partial charge in [0.25, 0.3) is 0 Å². The minimum Gasteiger partial charge on any atom is -0.396 e. The van der Waals surface area contributed by atoms with E-state index in [2.05, 4.69) is 33.0 Å². The Balaban J connectivity index is 3.32. The first-order valence-electron chi connectivity index (χ1n) is 6.81. The molecule has 0 heterocycles. The Bertz CT molecular complexity index is 151. The average molecular weight is 229 g/mol. The van der Waals surface area contributed by atoms with Crippen LogP contribution in [-0.4, -0.2) is 24.8 Å². The van der Waals surface area contributed by atoms with Crippen molar-refractivity contribution >= 4 is 0 Å². The van der Waals surface area contributed by atoms with Crippen LogP contribution in [0.25, 0.3) is 0 Å². The fourth-order valence-electron chi connectivity index (χ4n) is 1.88. The Hall–Kier alpha value is -0.0800. The number of unbranched alkanes of at least 4 members (excludes halogenated alkanes) is 1. The molecule has 0 bridgehead atoms. The van der Waals surface area contributed by atoms with Crippen molar-refractivity contribution in [3.63, 3.8) is 0 Å². The second-order valence-corrected chi connectivity index (χ2v) is 6.02. The predicted molar refractivity (Wildman–Crippen MR) is 71.7 cm³/mol. The van der Waals surface area contributed by atoms with Crippen LogP contribution in [-0.2, 0) is 0 Å². The van der Waals surface area contributed by atoms with Gasteiger partial charge in [0.15, 0.2) is 0 Å². The molecule has 0 radical (unpaired) electrons. The van der Waals surface area contributed by atoms with Crippen LogP contribution < -0.4 is 5.32 Å². The summed E-state index contributed by atoms with van der Waals surface area (Å²) in [6.07, 6.45) is 6.00. The maximum atomic E-state index is 8.89. The molecule has 0 unspecified atom stereocenters. The van der Waals surface area contributed by atoms with Crippen molar-refractivity contribution in [2.24, 2.45) is 11.3 Å². The quantitative estimate of drug-likeness (QED) is 0.595. The topological polar surface area (TPSA) is 32.3 Å². The molecule has 2 heteroatoms. The van der Waals surface area contributed by atoms with Crippen LogP contribution in [0.5, 0.6) is 0 Å². The molecule has 0 aliphatic carbocycles. The molecule has 0 aliphatic rings. The minimum absolute atomic E-state index is 0.348. The van der Waals surface area contributed by atoms with Crippen molar-refractivity contribution in [3.05, 3.63) is 0 Å². The summed E-state index contributed by atoms with van der Waals surface area (Å²) in [5, 5.41) is 12.4. The molecule has 0 aromatic rings. The average Bonchev–Trinajstić information content (AvgIpc) is 2.20. The maximum Gasteiger partial charge on any atom is 0.0433 e. The summed E-state index contributed by atoms with van der Waals surface area (Å²) in [7, 11) is 0. The van der Waals surface area contributed by atoms with E-state index in [9.17, 15) is 0 Å². The van der Waals surface area contributed by atoms with Gasteiger partial charge in [-0.25, -0.2) is 0 Å². The summed E-state index contributed by atoms with van der Waals surface area (Å²) in [5.41, 5.74) is 0.392. The Kier molecular flexibility index (Phi) is 8.96. The van der Waals surface area contributed by atoms with Crippen LogP contribution >= 0.6 is 0 Å². The highest BCUT2D eigenvalue weighted by Crippen LogP contribution is 2.16. The van der Waals surface area contributed by atoms with Gasteiger partial charge in [-0.15, -0.1) is 0 Å². The Morgan fingerprint density at radius 1 is 1.12 bits per heavy atom. The van der Waals surface area contributed by atoms with Gasteiger partial charge in [0.1, 0.15) is 0 Å². The van der Waals surface area contributed by atoms with E-state index in [1.165, 1.54) is 25.7 Å². The lowest BCUT2D eigenvalue weighted by Gasteiger charge is -2.19. The monoisotopic (exact) mass is 229 g/mol. The highest BCUT2D eigenvalue weighted by Gasteiger charge is 2.08. The van der Waals surface area contributed by atoms with Crippen LogP contribution in [0.15, 0.2) is 0 Å². The molecule has 0 rings (SSSR count). The summed E-state index contributed by atoms with van der Waals surface area (Å²) >= 11 is 0. The van der Waals surface area contributed by atoms with Crippen molar-refractivity contribution in [1.82, 2.24) is 5.32 Å². The first-order valence-corrected chi connectivity index (χ1v) is 6.81. The molecule has 1 atom stereocenters. The predicted octanol–water partition coefficient (Wildman–Crippen LogP) is 3.20. The Labute approximate surface area is 102 Å². The van der Waals surface area contributed by atoms with E-state index in [1.807, 2.05) is 0 Å². The SMILES string of the molecule is CC[C@@H](CCO)CCCCNCC(C)(C)C. The summed E-state index contributed by atoms with van der Waals surface area (Å²) < 4.78 is 0. The van der Waals surface area contributed by atoms with Crippen LogP contribution in [0.3, 0.4) is 0 Å². The molecule has 0 saturated carbocycles. The van der Waals surface area contributed by atoms with Crippen molar-refractivity contribution in [2.45, 2.75) is 59.8 Å². The standard InChI is InChI=1S/C14H31NO/c1-5-13(9-11-16)8-6-7-10-15-12-14(2,3)4/h13,15-16H,5-12H2,1-4H3/t13-/m1/s1. The number of aliphatic hydroxyl groups is 1. The molecule has 0 spiro atoms. The van der Waals surface area contributed by atoms with E-state index in [-0.39, 0.29) is 0 Å². The normalized spacial score (nSPS) is 14.1. The van der Waals surface area contributed by atoms with Gasteiger partial charge < -0.3 is 10.4 Å². The van der Waals surface area contributed by atoms with Crippen LogP contribution in [0, 0.1) is 11.3 Å². The van der Waals surface area contributed by atoms with Gasteiger partial charge in [0.05, 0.1) is 0 Å². The first-order chi connectivity index (χ1) is 7.49. The smallest absolute Gasteiger partial charge is 0.0433 e. The summed E-state index contributed by atoms with van der Waals surface area (Å²) in [5.74, 6) is 0.729. The van der Waals surface area contributed by atoms with Crippen molar-refractivity contribution in [1.29, 1.82) is 0 Å². The van der Waals surface area contributed by atoms with Gasteiger partial charge in [0.2, 0.25) is 0 Å². The zero-order chi connectivity index (χ0) is 12.4. The largest absolute Gasteiger partial charge is 0.396 e. The molecular weight excluding hydrogens is 198 g/mol. The molecule has 2 N–H and O–H groups in total. The van der Waals surface area contributed by atoms with Gasteiger partial charge in [-0.1, -0.05) is 47.0 Å². The Morgan fingerprint density at radius 2 is 1.81 bits per heavy atom. The first kappa shape index (κ1) is 15.9. The molecule has 2 nitrogen and oxygen atoms in total. The van der Waals surface area contributed by atoms with Crippen molar-refractivity contribution in [3.8, 4) is 0 Å². The molecule has 0 saturated heterocycles. The van der Waals surface area contributed by atoms with Gasteiger partial charge in [-0.3, -0.25) is 0 Å². The second-order valence-electron chi connectivity index (χ2n) is 6.02. The molecule has 16 heavy (non-hydrogen) atoms. The van der Waals surface area contributed by atoms with Crippen LogP contribution in [0.4, 0.5) is 0 Å². The highest BCUT2D eigenvalue weighted by molar-refractivity contribution is 4.65. The number of hydrogen-bond acceptors (Lipinski definition) is 2. The summed E-state index contributed by atoms with van der Waals surface area (Å²) in [6.45, 7) is 11.6. The van der Waals surface area contributed by atoms with Crippen molar-refractivity contribution in [2.75, 3.05) is 19.7 Å². The summed E-state index contributed by atoms with van der Waals surface area (Å²) in [6, 6.07) is 0. The fraction of sp³-hybridized carbons (Fsp3) is 1.00. The van der Waals surface area contributed by atoms with Gasteiger partial charge >= 0.3 is 0 Å². The molecule has 98 valence electrons. The molecule has 0 aliphatic heterocycles. The van der Waals surface area contributed by atoms with Gasteiger partial charge in [-0.05, 0) is 37.3 Å². The van der Waals surface area contributed by atoms with Gasteiger partial charge in [-0.2, -0.15) is 0 Å². The number of hydrogen-bond donors (Lipinski definition) is 2. The number of rotatable bonds is 9. The molecule has 0 aromatic carbocycles. The number of nitrogens with one attached hydrogen (secondary N) is 1. The zero-order valence-electron chi connectivity index (χ0n) is 11.7. The van der Waals surface area contributed by atoms with E-state index in [0.29, 0.717) is 12.0 Å². The van der Waals surface area contributed by atoms with E-state index < -0.39 is 0 Å². The lowest BCUT2D eigenvalue weighted by molar-refractivity contribution is 0.246. The fourth-order valence-corrected chi connectivity index (χ4v) is 1.88. The molecule has 0 fully saturated rings. The second kappa shape index (κ2) is 9.00. The van der Waals surface area contributed by atoms with E-state index in [4.69, 9.17) is 5.11 Å². The van der Waals surface area contributed by atoms with Crippen LogP contribution in [0.2, 0.25) is 0 Å². The van der Waals surface area contributed by atoms with E-state index >= 15 is 0 Å².